The first-order valence-corrected chi connectivity index (χ1v) is 11.6. The third kappa shape index (κ3) is 5.84. The van der Waals surface area contributed by atoms with Gasteiger partial charge in [0, 0.05) is 16.6 Å². The highest BCUT2D eigenvalue weighted by Gasteiger charge is 2.20. The van der Waals surface area contributed by atoms with Crippen LogP contribution in [0.1, 0.15) is 32.0 Å². The van der Waals surface area contributed by atoms with Gasteiger partial charge in [-0.05, 0) is 43.5 Å². The summed E-state index contributed by atoms with van der Waals surface area (Å²) in [6.07, 6.45) is 0.824. The summed E-state index contributed by atoms with van der Waals surface area (Å²) in [6, 6.07) is 13.4. The summed E-state index contributed by atoms with van der Waals surface area (Å²) >= 11 is 2.64. The van der Waals surface area contributed by atoms with Crippen molar-refractivity contribution in [3.8, 4) is 23.1 Å². The van der Waals surface area contributed by atoms with E-state index in [0.29, 0.717) is 21.6 Å². The number of methoxy groups -OCH3 is 1. The molecule has 0 bridgehead atoms. The van der Waals surface area contributed by atoms with Gasteiger partial charge in [-0.15, -0.1) is 11.3 Å². The van der Waals surface area contributed by atoms with Gasteiger partial charge in [-0.1, -0.05) is 37.7 Å². The molecule has 0 radical (unpaired) electrons. The molecule has 160 valence electrons. The normalized spacial score (nSPS) is 11.7. The lowest BCUT2D eigenvalue weighted by molar-refractivity contribution is -0.115. The van der Waals surface area contributed by atoms with Crippen molar-refractivity contribution in [3.63, 3.8) is 0 Å². The first kappa shape index (κ1) is 22.8. The molecule has 1 N–H and O–H groups in total. The Morgan fingerprint density at radius 2 is 2.00 bits per heavy atom. The highest BCUT2D eigenvalue weighted by atomic mass is 32.2. The number of hydrogen-bond acceptors (Lipinski definition) is 7. The van der Waals surface area contributed by atoms with Gasteiger partial charge in [-0.25, -0.2) is 9.97 Å². The van der Waals surface area contributed by atoms with Crippen molar-refractivity contribution in [2.45, 2.75) is 37.5 Å². The smallest absolute Gasteiger partial charge is 0.239 e. The molecule has 2 heterocycles. The summed E-state index contributed by atoms with van der Waals surface area (Å²) in [7, 11) is 1.62. The van der Waals surface area contributed by atoms with E-state index >= 15 is 0 Å². The number of thioether (sulfide) groups is 1. The van der Waals surface area contributed by atoms with Gasteiger partial charge in [0.1, 0.15) is 16.8 Å². The highest BCUT2D eigenvalue weighted by Crippen LogP contribution is 2.32. The topological polar surface area (TPSA) is 87.9 Å². The molecule has 2 aromatic heterocycles. The summed E-state index contributed by atoms with van der Waals surface area (Å²) in [5.41, 5.74) is 3.01. The first-order valence-electron chi connectivity index (χ1n) is 9.87. The maximum Gasteiger partial charge on any atom is 0.239 e. The van der Waals surface area contributed by atoms with E-state index in [1.54, 1.807) is 20.1 Å². The van der Waals surface area contributed by atoms with E-state index in [0.717, 1.165) is 29.1 Å². The van der Waals surface area contributed by atoms with Crippen molar-refractivity contribution in [2.75, 3.05) is 12.4 Å². The van der Waals surface area contributed by atoms with Crippen molar-refractivity contribution in [3.05, 3.63) is 53.0 Å². The molecular weight excluding hydrogens is 428 g/mol. The average Bonchev–Trinajstić information content (AvgIpc) is 3.21. The van der Waals surface area contributed by atoms with Crippen LogP contribution in [0.5, 0.6) is 5.75 Å². The molecule has 3 rings (SSSR count). The molecule has 0 saturated carbocycles. The van der Waals surface area contributed by atoms with Crippen molar-refractivity contribution in [2.24, 2.45) is 5.92 Å². The van der Waals surface area contributed by atoms with Gasteiger partial charge >= 0.3 is 0 Å². The van der Waals surface area contributed by atoms with Gasteiger partial charge in [0.25, 0.3) is 0 Å². The van der Waals surface area contributed by atoms with E-state index in [1.165, 1.54) is 23.1 Å². The predicted octanol–water partition coefficient (Wildman–Crippen LogP) is 5.40. The molecular formula is C23H24N4O2S2. The van der Waals surface area contributed by atoms with Crippen molar-refractivity contribution >= 4 is 34.1 Å². The van der Waals surface area contributed by atoms with Crippen LogP contribution >= 0.6 is 23.1 Å². The molecule has 6 nitrogen and oxygen atoms in total. The second-order valence-electron chi connectivity index (χ2n) is 7.35. The molecule has 1 amide bonds. The quantitative estimate of drug-likeness (QED) is 0.460. The molecule has 1 aromatic carbocycles. The van der Waals surface area contributed by atoms with E-state index in [9.17, 15) is 10.1 Å². The summed E-state index contributed by atoms with van der Waals surface area (Å²) in [4.78, 5) is 21.9. The zero-order valence-electron chi connectivity index (χ0n) is 17.9. The van der Waals surface area contributed by atoms with E-state index < -0.39 is 5.25 Å². The number of anilines is 1. The number of pyridine rings is 1. The van der Waals surface area contributed by atoms with Crippen LogP contribution < -0.4 is 10.1 Å². The van der Waals surface area contributed by atoms with Crippen LogP contribution in [-0.2, 0) is 11.2 Å². The number of amides is 1. The number of hydrogen-bond donors (Lipinski definition) is 1. The van der Waals surface area contributed by atoms with Crippen molar-refractivity contribution in [1.29, 1.82) is 5.26 Å². The van der Waals surface area contributed by atoms with E-state index in [4.69, 9.17) is 4.74 Å². The molecule has 0 fully saturated rings. The second-order valence-corrected chi connectivity index (χ2v) is 9.54. The molecule has 0 aliphatic carbocycles. The Balaban J connectivity index is 1.71. The Hall–Kier alpha value is -2.89. The van der Waals surface area contributed by atoms with Gasteiger partial charge in [0.2, 0.25) is 5.91 Å². The maximum atomic E-state index is 12.7. The average molecular weight is 453 g/mol. The SMILES string of the molecule is COc1ccccc1-c1csc(NC(=O)C(C)Sc2nc(CC(C)C)ccc2C#N)n1. The van der Waals surface area contributed by atoms with Gasteiger partial charge < -0.3 is 10.1 Å². The summed E-state index contributed by atoms with van der Waals surface area (Å²) in [5, 5.41) is 14.8. The van der Waals surface area contributed by atoms with Crippen LogP contribution in [-0.4, -0.2) is 28.2 Å². The third-order valence-corrected chi connectivity index (χ3v) is 6.29. The van der Waals surface area contributed by atoms with Crippen LogP contribution in [0.25, 0.3) is 11.3 Å². The first-order chi connectivity index (χ1) is 14.9. The number of aromatic nitrogens is 2. The number of ether oxygens (including phenoxy) is 1. The molecule has 1 unspecified atom stereocenters. The number of benzene rings is 1. The fourth-order valence-corrected chi connectivity index (χ4v) is 4.55. The molecule has 0 aliphatic rings. The highest BCUT2D eigenvalue weighted by molar-refractivity contribution is 8.00. The number of rotatable bonds is 8. The molecule has 31 heavy (non-hydrogen) atoms. The minimum atomic E-state index is -0.437. The molecule has 0 saturated heterocycles. The minimum Gasteiger partial charge on any atom is -0.496 e. The second kappa shape index (κ2) is 10.4. The molecule has 0 aliphatic heterocycles. The number of nitriles is 1. The largest absolute Gasteiger partial charge is 0.496 e. The zero-order valence-corrected chi connectivity index (χ0v) is 19.5. The summed E-state index contributed by atoms with van der Waals surface area (Å²) < 4.78 is 5.39. The van der Waals surface area contributed by atoms with Crippen molar-refractivity contribution in [1.82, 2.24) is 9.97 Å². The van der Waals surface area contributed by atoms with E-state index in [-0.39, 0.29) is 5.91 Å². The van der Waals surface area contributed by atoms with E-state index in [1.807, 2.05) is 35.7 Å². The number of nitrogens with one attached hydrogen (secondary N) is 1. The Bertz CT molecular complexity index is 1100. The van der Waals surface area contributed by atoms with Crippen molar-refractivity contribution < 1.29 is 9.53 Å². The lowest BCUT2D eigenvalue weighted by Gasteiger charge is -2.12. The number of thiazole rings is 1. The summed E-state index contributed by atoms with van der Waals surface area (Å²) in [6.45, 7) is 6.04. The van der Waals surface area contributed by atoms with Gasteiger partial charge in [-0.2, -0.15) is 5.26 Å². The fourth-order valence-electron chi connectivity index (χ4n) is 2.92. The van der Waals surface area contributed by atoms with Crippen LogP contribution in [0.4, 0.5) is 5.13 Å². The van der Waals surface area contributed by atoms with Gasteiger partial charge in [0.15, 0.2) is 5.13 Å². The van der Waals surface area contributed by atoms with Crippen LogP contribution in [0.2, 0.25) is 0 Å². The van der Waals surface area contributed by atoms with Gasteiger partial charge in [0.05, 0.1) is 23.6 Å². The summed E-state index contributed by atoms with van der Waals surface area (Å²) in [5.74, 6) is 0.998. The van der Waals surface area contributed by atoms with Crippen LogP contribution in [0.15, 0.2) is 46.8 Å². The lowest BCUT2D eigenvalue weighted by atomic mass is 10.1. The third-order valence-electron chi connectivity index (χ3n) is 4.43. The Labute approximate surface area is 190 Å². The standard InChI is InChI=1S/C23H24N4O2S2/c1-14(2)11-17-10-9-16(12-24)22(25-17)31-15(3)21(28)27-23-26-19(13-30-23)18-7-5-6-8-20(18)29-4/h5-10,13-15H,11H2,1-4H3,(H,26,27,28). The predicted molar refractivity (Wildman–Crippen MR) is 126 cm³/mol. The number of nitrogens with zero attached hydrogens (tertiary/aromatic N) is 3. The molecule has 0 spiro atoms. The zero-order chi connectivity index (χ0) is 22.4. The number of para-hydroxylation sites is 1. The van der Waals surface area contributed by atoms with Crippen LogP contribution in [0, 0.1) is 17.2 Å². The maximum absolute atomic E-state index is 12.7. The van der Waals surface area contributed by atoms with E-state index in [2.05, 4.69) is 35.2 Å². The minimum absolute atomic E-state index is 0.189. The number of carbonyl (C=O) groups is 1. The van der Waals surface area contributed by atoms with Gasteiger partial charge in [-0.3, -0.25) is 4.79 Å². The van der Waals surface area contributed by atoms with Crippen LogP contribution in [0.3, 0.4) is 0 Å². The lowest BCUT2D eigenvalue weighted by Crippen LogP contribution is -2.22. The Kier molecular flexibility index (Phi) is 7.66. The monoisotopic (exact) mass is 452 g/mol. The number of carbonyl (C=O) groups excluding carboxylic acids is 1. The molecule has 3 aromatic rings. The molecule has 8 heteroatoms. The Morgan fingerprint density at radius 1 is 1.23 bits per heavy atom. The Morgan fingerprint density at radius 3 is 2.71 bits per heavy atom. The molecule has 1 atom stereocenters. The fraction of sp³-hybridized carbons (Fsp3) is 0.304.